The van der Waals surface area contributed by atoms with Crippen molar-refractivity contribution in [3.05, 3.63) is 0 Å². The molecule has 0 fully saturated rings. The van der Waals surface area contributed by atoms with Gasteiger partial charge in [0.25, 0.3) is 0 Å². The second-order valence-electron chi connectivity index (χ2n) is 3.12. The maximum Gasteiger partial charge on any atom is 0.122 e. The number of nitrogens with two attached hydrogens (primary N) is 4. The third-order valence-electron chi connectivity index (χ3n) is 2.66. The third kappa shape index (κ3) is 1.90. The quantitative estimate of drug-likeness (QED) is 0.407. The van der Waals surface area contributed by atoms with Crippen molar-refractivity contribution in [2.45, 2.75) is 32.5 Å². The van der Waals surface area contributed by atoms with Crippen LogP contribution in [-0.2, 0) is 0 Å². The summed E-state index contributed by atoms with van der Waals surface area (Å²) in [6.45, 7) is 4.43. The van der Waals surface area contributed by atoms with Gasteiger partial charge in [0.15, 0.2) is 0 Å². The van der Waals surface area contributed by atoms with Crippen LogP contribution < -0.4 is 22.9 Å². The van der Waals surface area contributed by atoms with Crippen LogP contribution in [-0.4, -0.2) is 12.3 Å². The predicted molar refractivity (Wildman–Crippen MR) is 47.4 cm³/mol. The summed E-state index contributed by atoms with van der Waals surface area (Å²) in [5.74, 6) is -1.16. The molecular weight excluding hydrogens is 140 g/mol. The molecule has 0 aliphatic rings. The van der Waals surface area contributed by atoms with E-state index in [1.807, 2.05) is 13.8 Å². The molecule has 0 heterocycles. The minimum absolute atomic E-state index is 0.326. The van der Waals surface area contributed by atoms with Crippen molar-refractivity contribution in [2.24, 2.45) is 28.3 Å². The molecule has 0 atom stereocenters. The van der Waals surface area contributed by atoms with Gasteiger partial charge in [0, 0.05) is 12.0 Å². The molecule has 0 aliphatic heterocycles. The van der Waals surface area contributed by atoms with Crippen LogP contribution in [0, 0.1) is 5.41 Å². The summed E-state index contributed by atoms with van der Waals surface area (Å²) < 4.78 is 0. The average molecular weight is 160 g/mol. The first-order valence-electron chi connectivity index (χ1n) is 4.00. The summed E-state index contributed by atoms with van der Waals surface area (Å²) in [6.07, 6.45) is 1.62. The second kappa shape index (κ2) is 3.49. The van der Waals surface area contributed by atoms with Gasteiger partial charge in [-0.05, 0) is 12.8 Å². The van der Waals surface area contributed by atoms with Crippen molar-refractivity contribution in [1.82, 2.24) is 0 Å². The highest BCUT2D eigenvalue weighted by molar-refractivity contribution is 4.93. The maximum absolute atomic E-state index is 5.62. The molecule has 4 nitrogen and oxygen atoms in total. The minimum atomic E-state index is -1.16. The van der Waals surface area contributed by atoms with E-state index in [0.717, 1.165) is 12.8 Å². The van der Waals surface area contributed by atoms with Crippen LogP contribution in [0.4, 0.5) is 0 Å². The van der Waals surface area contributed by atoms with Crippen LogP contribution in [0.5, 0.6) is 0 Å². The van der Waals surface area contributed by atoms with Gasteiger partial charge in [0.05, 0.1) is 0 Å². The molecule has 4 heteroatoms. The topological polar surface area (TPSA) is 104 Å². The Morgan fingerprint density at radius 1 is 1.00 bits per heavy atom. The Hall–Kier alpha value is -0.160. The van der Waals surface area contributed by atoms with Crippen LogP contribution >= 0.6 is 0 Å². The van der Waals surface area contributed by atoms with E-state index in [1.54, 1.807) is 0 Å². The number of hydrogen-bond donors (Lipinski definition) is 4. The molecule has 0 rings (SSSR count). The fourth-order valence-corrected chi connectivity index (χ4v) is 1.33. The predicted octanol–water partition coefficient (Wildman–Crippen LogP) is -0.719. The summed E-state index contributed by atoms with van der Waals surface area (Å²) in [6, 6.07) is 0. The Kier molecular flexibility index (Phi) is 3.44. The lowest BCUT2D eigenvalue weighted by molar-refractivity contribution is 0.124. The van der Waals surface area contributed by atoms with Gasteiger partial charge in [0.1, 0.15) is 5.79 Å². The van der Waals surface area contributed by atoms with Crippen LogP contribution in [0.25, 0.3) is 0 Å². The third-order valence-corrected chi connectivity index (χ3v) is 2.66. The van der Waals surface area contributed by atoms with Crippen LogP contribution in [0.3, 0.4) is 0 Å². The van der Waals surface area contributed by atoms with Gasteiger partial charge in [-0.25, -0.2) is 0 Å². The Morgan fingerprint density at radius 2 is 1.36 bits per heavy atom. The van der Waals surface area contributed by atoms with Crippen LogP contribution in [0.2, 0.25) is 0 Å². The number of rotatable bonds is 4. The van der Waals surface area contributed by atoms with E-state index < -0.39 is 5.79 Å². The smallest absolute Gasteiger partial charge is 0.122 e. The maximum atomic E-state index is 5.62. The largest absolute Gasteiger partial charge is 0.330 e. The summed E-state index contributed by atoms with van der Waals surface area (Å²) in [5.41, 5.74) is 22.1. The highest BCUT2D eigenvalue weighted by Crippen LogP contribution is 2.29. The Morgan fingerprint density at radius 3 is 1.36 bits per heavy atom. The van der Waals surface area contributed by atoms with Gasteiger partial charge in [-0.2, -0.15) is 0 Å². The Bertz CT molecular complexity index is 104. The van der Waals surface area contributed by atoms with Gasteiger partial charge in [0.2, 0.25) is 0 Å². The van der Waals surface area contributed by atoms with Crippen molar-refractivity contribution >= 4 is 0 Å². The zero-order chi connectivity index (χ0) is 9.12. The van der Waals surface area contributed by atoms with Crippen molar-refractivity contribution in [3.63, 3.8) is 0 Å². The van der Waals surface area contributed by atoms with Crippen LogP contribution in [0.15, 0.2) is 0 Å². The zero-order valence-corrected chi connectivity index (χ0v) is 7.43. The van der Waals surface area contributed by atoms with E-state index in [-0.39, 0.29) is 5.41 Å². The monoisotopic (exact) mass is 160 g/mol. The van der Waals surface area contributed by atoms with Gasteiger partial charge >= 0.3 is 0 Å². The fraction of sp³-hybridized carbons (Fsp3) is 1.00. The van der Waals surface area contributed by atoms with Gasteiger partial charge in [-0.3, -0.25) is 0 Å². The first-order valence-corrected chi connectivity index (χ1v) is 4.00. The van der Waals surface area contributed by atoms with Crippen molar-refractivity contribution in [2.75, 3.05) is 6.54 Å². The molecule has 0 amide bonds. The summed E-state index contributed by atoms with van der Waals surface area (Å²) in [4.78, 5) is 0. The highest BCUT2D eigenvalue weighted by Gasteiger charge is 2.39. The second-order valence-corrected chi connectivity index (χ2v) is 3.12. The molecule has 0 aromatic heterocycles. The molecule has 0 unspecified atom stereocenters. The average Bonchev–Trinajstić information content (AvgIpc) is 1.90. The molecule has 0 aromatic rings. The van der Waals surface area contributed by atoms with E-state index >= 15 is 0 Å². The molecule has 0 saturated carbocycles. The zero-order valence-electron chi connectivity index (χ0n) is 7.43. The molecule has 0 radical (unpaired) electrons. The molecule has 0 bridgehead atoms. The first kappa shape index (κ1) is 10.8. The van der Waals surface area contributed by atoms with E-state index in [9.17, 15) is 0 Å². The van der Waals surface area contributed by atoms with Gasteiger partial charge in [-0.1, -0.05) is 13.8 Å². The van der Waals surface area contributed by atoms with E-state index in [1.165, 1.54) is 0 Å². The Balaban J connectivity index is 4.54. The van der Waals surface area contributed by atoms with Gasteiger partial charge in [-0.15, -0.1) is 0 Å². The van der Waals surface area contributed by atoms with Crippen molar-refractivity contribution < 1.29 is 0 Å². The molecule has 0 aromatic carbocycles. The molecule has 0 spiro atoms. The Labute approximate surface area is 68.3 Å². The van der Waals surface area contributed by atoms with Crippen molar-refractivity contribution in [3.8, 4) is 0 Å². The molecule has 0 saturated heterocycles. The minimum Gasteiger partial charge on any atom is -0.330 e. The van der Waals surface area contributed by atoms with E-state index in [2.05, 4.69) is 0 Å². The normalized spacial score (nSPS) is 13.6. The first-order chi connectivity index (χ1) is 4.93. The molecule has 0 aliphatic carbocycles. The van der Waals surface area contributed by atoms with Crippen molar-refractivity contribution in [1.29, 1.82) is 0 Å². The SMILES string of the molecule is CCC(CC)(CN)C(N)(N)N. The summed E-state index contributed by atoms with van der Waals surface area (Å²) in [7, 11) is 0. The lowest BCUT2D eigenvalue weighted by Gasteiger charge is -2.41. The van der Waals surface area contributed by atoms with E-state index in [0.29, 0.717) is 6.54 Å². The summed E-state index contributed by atoms with van der Waals surface area (Å²) in [5, 5.41) is 0. The fourth-order valence-electron chi connectivity index (χ4n) is 1.33. The number of hydrogen-bond acceptors (Lipinski definition) is 4. The van der Waals surface area contributed by atoms with Gasteiger partial charge < -0.3 is 22.9 Å². The lowest BCUT2D eigenvalue weighted by atomic mass is 9.76. The van der Waals surface area contributed by atoms with E-state index in [4.69, 9.17) is 22.9 Å². The standard InChI is InChI=1S/C7H20N4/c1-3-6(4-2,5-8)7(9,10)11/h3-5,8-11H2,1-2H3. The molecular formula is C7H20N4. The van der Waals surface area contributed by atoms with Crippen LogP contribution in [0.1, 0.15) is 26.7 Å². The highest BCUT2D eigenvalue weighted by atomic mass is 15.2. The molecule has 8 N–H and O–H groups in total. The molecule has 11 heavy (non-hydrogen) atoms. The lowest BCUT2D eigenvalue weighted by Crippen LogP contribution is -2.70. The summed E-state index contributed by atoms with van der Waals surface area (Å²) >= 11 is 0. The molecule has 68 valence electrons.